The topological polar surface area (TPSA) is 51.2 Å². The number of hydrogen-bond acceptors (Lipinski definition) is 3. The molecular weight excluding hydrogens is 439 g/mol. The molecule has 0 heterocycles. The molecule has 0 bridgehead atoms. The number of aryl methyl sites for hydroxylation is 3. The van der Waals surface area contributed by atoms with Gasteiger partial charge in [-0.2, -0.15) is 0 Å². The molecule has 0 spiro atoms. The lowest BCUT2D eigenvalue weighted by Gasteiger charge is -2.22. The Kier molecular flexibility index (Phi) is 7.78. The molecule has 0 saturated carbocycles. The monoisotopic (exact) mass is 474 g/mol. The molecule has 0 radical (unpaired) electrons. The maximum absolute atomic E-state index is 13.9. The van der Waals surface area contributed by atoms with Crippen molar-refractivity contribution in [3.63, 3.8) is 0 Å². The van der Waals surface area contributed by atoms with Crippen LogP contribution in [0, 0.1) is 13.8 Å². The Balaban J connectivity index is 2.15. The third-order valence-electron chi connectivity index (χ3n) is 6.47. The van der Waals surface area contributed by atoms with E-state index in [0.717, 1.165) is 27.8 Å². The molecule has 0 saturated heterocycles. The van der Waals surface area contributed by atoms with E-state index in [1.54, 1.807) is 12.1 Å². The number of carbonyl (C=O) groups excluding carboxylic acids is 2. The van der Waals surface area contributed by atoms with Gasteiger partial charge < -0.3 is 4.57 Å². The Morgan fingerprint density at radius 3 is 1.94 bits per heavy atom. The van der Waals surface area contributed by atoms with Crippen molar-refractivity contribution in [2.75, 3.05) is 0 Å². The van der Waals surface area contributed by atoms with Crippen molar-refractivity contribution in [3.05, 3.63) is 99.1 Å². The fourth-order valence-electron chi connectivity index (χ4n) is 4.58. The normalized spacial score (nSPS) is 12.4. The minimum Gasteiger partial charge on any atom is -0.313 e. The summed E-state index contributed by atoms with van der Waals surface area (Å²) >= 11 is 0. The zero-order chi connectivity index (χ0) is 25.2. The van der Waals surface area contributed by atoms with Crippen molar-refractivity contribution in [3.8, 4) is 0 Å². The lowest BCUT2D eigenvalue weighted by molar-refractivity contribution is 0.103. The predicted octanol–water partition coefficient (Wildman–Crippen LogP) is 6.98. The van der Waals surface area contributed by atoms with Crippen molar-refractivity contribution < 1.29 is 14.2 Å². The highest BCUT2D eigenvalue weighted by Crippen LogP contribution is 2.36. The summed E-state index contributed by atoms with van der Waals surface area (Å²) in [6, 6.07) is 16.9. The van der Waals surface area contributed by atoms with Gasteiger partial charge in [0.05, 0.1) is 0 Å². The highest BCUT2D eigenvalue weighted by atomic mass is 31.1. The van der Waals surface area contributed by atoms with E-state index in [0.29, 0.717) is 34.8 Å². The minimum absolute atomic E-state index is 0.0424. The molecule has 0 aliphatic rings. The molecular formula is C30H35O3P. The summed E-state index contributed by atoms with van der Waals surface area (Å²) in [5.41, 5.74) is 5.74. The molecule has 4 heteroatoms. The van der Waals surface area contributed by atoms with Crippen LogP contribution in [0.1, 0.15) is 88.7 Å². The molecule has 0 aliphatic heterocycles. The Morgan fingerprint density at radius 2 is 1.44 bits per heavy atom. The third kappa shape index (κ3) is 5.00. The van der Waals surface area contributed by atoms with Crippen LogP contribution < -0.4 is 5.30 Å². The Labute approximate surface area is 204 Å². The highest BCUT2D eigenvalue weighted by Gasteiger charge is 2.28. The zero-order valence-electron chi connectivity index (χ0n) is 21.3. The molecule has 1 atom stereocenters. The summed E-state index contributed by atoms with van der Waals surface area (Å²) in [5, 5.41) is 0.570. The number of benzene rings is 3. The summed E-state index contributed by atoms with van der Waals surface area (Å²) in [7, 11) is -2.85. The van der Waals surface area contributed by atoms with E-state index >= 15 is 0 Å². The first-order chi connectivity index (χ1) is 16.0. The SMILES string of the molecule is CCc1ccc(C(=O)c2ccccc2)c(CC)c1[PH](=O)C(=O)c1c(C)cc(C(C)(C)C)cc1C. The smallest absolute Gasteiger partial charge is 0.223 e. The Hall–Kier alpha value is -2.77. The lowest BCUT2D eigenvalue weighted by Crippen LogP contribution is -2.20. The molecule has 0 aliphatic carbocycles. The summed E-state index contributed by atoms with van der Waals surface area (Å²) in [6.07, 6.45) is 1.18. The van der Waals surface area contributed by atoms with E-state index in [9.17, 15) is 14.2 Å². The van der Waals surface area contributed by atoms with Gasteiger partial charge in [0.25, 0.3) is 0 Å². The van der Waals surface area contributed by atoms with Gasteiger partial charge in [0.1, 0.15) is 0 Å². The second-order valence-electron chi connectivity index (χ2n) is 9.92. The van der Waals surface area contributed by atoms with Gasteiger partial charge in [0.2, 0.25) is 5.52 Å². The van der Waals surface area contributed by atoms with Crippen LogP contribution >= 0.6 is 7.80 Å². The number of rotatable bonds is 7. The highest BCUT2D eigenvalue weighted by molar-refractivity contribution is 7.71. The number of hydrogen-bond donors (Lipinski definition) is 0. The van der Waals surface area contributed by atoms with Crippen LogP contribution in [0.3, 0.4) is 0 Å². The van der Waals surface area contributed by atoms with Crippen LogP contribution in [-0.4, -0.2) is 11.3 Å². The van der Waals surface area contributed by atoms with Gasteiger partial charge in [0, 0.05) is 22.0 Å². The van der Waals surface area contributed by atoms with Gasteiger partial charge in [-0.15, -0.1) is 0 Å². The molecule has 34 heavy (non-hydrogen) atoms. The van der Waals surface area contributed by atoms with E-state index in [2.05, 4.69) is 20.8 Å². The van der Waals surface area contributed by atoms with E-state index in [1.165, 1.54) is 0 Å². The van der Waals surface area contributed by atoms with Crippen LogP contribution in [0.5, 0.6) is 0 Å². The first-order valence-electron chi connectivity index (χ1n) is 12.0. The van der Waals surface area contributed by atoms with Crippen molar-refractivity contribution in [2.24, 2.45) is 0 Å². The largest absolute Gasteiger partial charge is 0.313 e. The zero-order valence-corrected chi connectivity index (χ0v) is 22.3. The average molecular weight is 475 g/mol. The van der Waals surface area contributed by atoms with Gasteiger partial charge in [-0.05, 0) is 59.9 Å². The second kappa shape index (κ2) is 10.2. The fraction of sp³-hybridized carbons (Fsp3) is 0.333. The van der Waals surface area contributed by atoms with Crippen molar-refractivity contribution in [1.29, 1.82) is 0 Å². The van der Waals surface area contributed by atoms with Crippen LogP contribution in [0.4, 0.5) is 0 Å². The standard InChI is InChI=1S/C30H35O3P/c1-8-21-15-16-25(27(31)22-13-11-10-12-14-22)24(9-2)28(21)34(33)29(32)26-19(3)17-23(18-20(26)4)30(5,6)7/h10-18,34H,8-9H2,1-7H3. The molecule has 3 nitrogen and oxygen atoms in total. The predicted molar refractivity (Wildman–Crippen MR) is 143 cm³/mol. The fourth-order valence-corrected chi connectivity index (χ4v) is 6.57. The van der Waals surface area contributed by atoms with Crippen molar-refractivity contribution in [1.82, 2.24) is 0 Å². The summed E-state index contributed by atoms with van der Waals surface area (Å²) in [6.45, 7) is 14.2. The lowest BCUT2D eigenvalue weighted by atomic mass is 9.84. The van der Waals surface area contributed by atoms with Crippen molar-refractivity contribution in [2.45, 2.75) is 66.7 Å². The molecule has 3 aromatic carbocycles. The quantitative estimate of drug-likeness (QED) is 0.274. The van der Waals surface area contributed by atoms with Gasteiger partial charge in [-0.3, -0.25) is 9.59 Å². The Bertz CT molecular complexity index is 1240. The third-order valence-corrected chi connectivity index (χ3v) is 8.21. The number of ketones is 1. The first kappa shape index (κ1) is 25.8. The van der Waals surface area contributed by atoms with E-state index in [4.69, 9.17) is 0 Å². The molecule has 1 unspecified atom stereocenters. The molecule has 3 rings (SSSR count). The van der Waals surface area contributed by atoms with Crippen LogP contribution in [0.15, 0.2) is 54.6 Å². The van der Waals surface area contributed by atoms with E-state index in [1.807, 2.05) is 70.2 Å². The maximum Gasteiger partial charge on any atom is 0.223 e. The van der Waals surface area contributed by atoms with Gasteiger partial charge >= 0.3 is 0 Å². The maximum atomic E-state index is 13.9. The van der Waals surface area contributed by atoms with Crippen LogP contribution in [-0.2, 0) is 22.8 Å². The minimum atomic E-state index is -2.85. The van der Waals surface area contributed by atoms with Crippen LogP contribution in [0.2, 0.25) is 0 Å². The van der Waals surface area contributed by atoms with Gasteiger partial charge in [-0.25, -0.2) is 0 Å². The summed E-state index contributed by atoms with van der Waals surface area (Å²) < 4.78 is 13.9. The number of carbonyl (C=O) groups is 2. The molecule has 3 aromatic rings. The summed E-state index contributed by atoms with van der Waals surface area (Å²) in [5.74, 6) is -0.106. The molecule has 0 N–H and O–H groups in total. The van der Waals surface area contributed by atoms with Crippen LogP contribution in [0.25, 0.3) is 0 Å². The molecule has 0 aromatic heterocycles. The van der Waals surface area contributed by atoms with Crippen molar-refractivity contribution >= 4 is 24.4 Å². The molecule has 0 fully saturated rings. The van der Waals surface area contributed by atoms with Gasteiger partial charge in [0.15, 0.2) is 13.6 Å². The Morgan fingerprint density at radius 1 is 0.853 bits per heavy atom. The molecule has 0 amide bonds. The van der Waals surface area contributed by atoms with Gasteiger partial charge in [-0.1, -0.05) is 89.2 Å². The van der Waals surface area contributed by atoms with E-state index < -0.39 is 7.80 Å². The van der Waals surface area contributed by atoms with E-state index in [-0.39, 0.29) is 16.7 Å². The average Bonchev–Trinajstić information content (AvgIpc) is 2.81. The first-order valence-corrected chi connectivity index (χ1v) is 13.4. The second-order valence-corrected chi connectivity index (χ2v) is 11.5. The summed E-state index contributed by atoms with van der Waals surface area (Å²) in [4.78, 5) is 27.0. The molecule has 178 valence electrons.